The first-order chi connectivity index (χ1) is 19.1. The standard InChI is InChI=1S/C34H64O5/c1-3-5-7-9-11-13-15-16-17-19-21-23-25-27-29-34(37)39-32(30-35)31-38-33(36)28-26-24-22-20-18-14-12-10-8-6-4-2/h15-16,32,35H,3-14,17-31H2,1-2H3/b16-15-. The van der Waals surface area contributed by atoms with Crippen molar-refractivity contribution in [2.75, 3.05) is 13.2 Å². The Kier molecular flexibility index (Phi) is 30.1. The molecule has 0 heterocycles. The van der Waals surface area contributed by atoms with Crippen LogP contribution in [0.15, 0.2) is 12.2 Å². The van der Waals surface area contributed by atoms with E-state index in [0.29, 0.717) is 12.8 Å². The van der Waals surface area contributed by atoms with Gasteiger partial charge in [0, 0.05) is 12.8 Å². The van der Waals surface area contributed by atoms with Crippen LogP contribution in [-0.4, -0.2) is 36.4 Å². The number of rotatable bonds is 30. The molecule has 0 aromatic rings. The first-order valence-electron chi connectivity index (χ1n) is 16.7. The summed E-state index contributed by atoms with van der Waals surface area (Å²) < 4.78 is 10.5. The van der Waals surface area contributed by atoms with Crippen LogP contribution in [0.4, 0.5) is 0 Å². The Morgan fingerprint density at radius 3 is 1.38 bits per heavy atom. The molecule has 0 saturated heterocycles. The minimum Gasteiger partial charge on any atom is -0.462 e. The Hall–Kier alpha value is -1.36. The molecule has 0 saturated carbocycles. The van der Waals surface area contributed by atoms with Crippen molar-refractivity contribution in [2.45, 2.75) is 180 Å². The van der Waals surface area contributed by atoms with Crippen LogP contribution in [0, 0.1) is 0 Å². The lowest BCUT2D eigenvalue weighted by atomic mass is 10.1. The molecule has 1 unspecified atom stereocenters. The van der Waals surface area contributed by atoms with Crippen molar-refractivity contribution in [1.82, 2.24) is 0 Å². The van der Waals surface area contributed by atoms with Gasteiger partial charge < -0.3 is 14.6 Å². The molecule has 1 N–H and O–H groups in total. The first-order valence-corrected chi connectivity index (χ1v) is 16.7. The maximum Gasteiger partial charge on any atom is 0.306 e. The van der Waals surface area contributed by atoms with E-state index in [-0.39, 0.29) is 25.2 Å². The highest BCUT2D eigenvalue weighted by atomic mass is 16.6. The molecule has 5 heteroatoms. The SMILES string of the molecule is CCCCCCC/C=C\CCCCCCCC(=O)OC(CO)COC(=O)CCCCCCCCCCCCC. The zero-order chi connectivity index (χ0) is 28.7. The van der Waals surface area contributed by atoms with Crippen LogP contribution in [0.3, 0.4) is 0 Å². The second-order valence-electron chi connectivity index (χ2n) is 11.2. The second kappa shape index (κ2) is 31.2. The van der Waals surface area contributed by atoms with Gasteiger partial charge in [-0.1, -0.05) is 135 Å². The van der Waals surface area contributed by atoms with Crippen molar-refractivity contribution in [3.63, 3.8) is 0 Å². The Morgan fingerprint density at radius 2 is 0.949 bits per heavy atom. The minimum atomic E-state index is -0.766. The van der Waals surface area contributed by atoms with E-state index in [1.54, 1.807) is 0 Å². The highest BCUT2D eigenvalue weighted by Gasteiger charge is 2.16. The number of allylic oxidation sites excluding steroid dienone is 2. The predicted octanol–water partition coefficient (Wildman–Crippen LogP) is 9.78. The van der Waals surface area contributed by atoms with Crippen molar-refractivity contribution in [2.24, 2.45) is 0 Å². The van der Waals surface area contributed by atoms with Crippen molar-refractivity contribution in [3.8, 4) is 0 Å². The van der Waals surface area contributed by atoms with Crippen molar-refractivity contribution in [1.29, 1.82) is 0 Å². The number of aliphatic hydroxyl groups is 1. The molecule has 39 heavy (non-hydrogen) atoms. The summed E-state index contributed by atoms with van der Waals surface area (Å²) in [5.41, 5.74) is 0. The quantitative estimate of drug-likeness (QED) is 0.0545. The van der Waals surface area contributed by atoms with Crippen molar-refractivity contribution < 1.29 is 24.2 Å². The fourth-order valence-electron chi connectivity index (χ4n) is 4.72. The molecule has 0 aliphatic carbocycles. The molecule has 0 bridgehead atoms. The first kappa shape index (κ1) is 37.6. The zero-order valence-corrected chi connectivity index (χ0v) is 25.9. The minimum absolute atomic E-state index is 0.0641. The third-order valence-electron chi connectivity index (χ3n) is 7.31. The lowest BCUT2D eigenvalue weighted by Crippen LogP contribution is -2.28. The molecule has 230 valence electrons. The number of hydrogen-bond donors (Lipinski definition) is 1. The lowest BCUT2D eigenvalue weighted by molar-refractivity contribution is -0.161. The summed E-state index contributed by atoms with van der Waals surface area (Å²) in [6.45, 7) is 4.10. The van der Waals surface area contributed by atoms with Crippen LogP contribution in [0.5, 0.6) is 0 Å². The number of hydrogen-bond acceptors (Lipinski definition) is 5. The van der Waals surface area contributed by atoms with E-state index in [4.69, 9.17) is 9.47 Å². The molecular weight excluding hydrogens is 488 g/mol. The largest absolute Gasteiger partial charge is 0.462 e. The Labute approximate surface area is 241 Å². The summed E-state index contributed by atoms with van der Waals surface area (Å²) in [4.78, 5) is 24.1. The van der Waals surface area contributed by atoms with Crippen LogP contribution in [-0.2, 0) is 19.1 Å². The van der Waals surface area contributed by atoms with Gasteiger partial charge in [0.2, 0.25) is 0 Å². The molecule has 5 nitrogen and oxygen atoms in total. The van der Waals surface area contributed by atoms with Gasteiger partial charge in [-0.05, 0) is 38.5 Å². The molecule has 0 fully saturated rings. The fourth-order valence-corrected chi connectivity index (χ4v) is 4.72. The van der Waals surface area contributed by atoms with Gasteiger partial charge >= 0.3 is 11.9 Å². The van der Waals surface area contributed by atoms with Gasteiger partial charge in [-0.25, -0.2) is 0 Å². The molecule has 1 atom stereocenters. The Bertz CT molecular complexity index is 560. The molecule has 0 amide bonds. The highest BCUT2D eigenvalue weighted by Crippen LogP contribution is 2.13. The summed E-state index contributed by atoms with van der Waals surface area (Å²) >= 11 is 0. The van der Waals surface area contributed by atoms with E-state index in [1.807, 2.05) is 0 Å². The van der Waals surface area contributed by atoms with Crippen LogP contribution in [0.1, 0.15) is 174 Å². The van der Waals surface area contributed by atoms with E-state index >= 15 is 0 Å². The maximum absolute atomic E-state index is 12.1. The Morgan fingerprint density at radius 1 is 0.564 bits per heavy atom. The van der Waals surface area contributed by atoms with E-state index in [2.05, 4.69) is 26.0 Å². The molecule has 0 rings (SSSR count). The summed E-state index contributed by atoms with van der Waals surface area (Å²) in [6.07, 6.45) is 32.6. The second-order valence-corrected chi connectivity index (χ2v) is 11.2. The number of unbranched alkanes of at least 4 members (excludes halogenated alkanes) is 20. The van der Waals surface area contributed by atoms with Crippen molar-refractivity contribution >= 4 is 11.9 Å². The van der Waals surface area contributed by atoms with E-state index in [0.717, 1.165) is 44.9 Å². The molecule has 0 aliphatic heterocycles. The average molecular weight is 553 g/mol. The fraction of sp³-hybridized carbons (Fsp3) is 0.882. The van der Waals surface area contributed by atoms with Gasteiger partial charge in [0.15, 0.2) is 6.10 Å². The van der Waals surface area contributed by atoms with E-state index in [1.165, 1.54) is 103 Å². The average Bonchev–Trinajstić information content (AvgIpc) is 2.94. The van der Waals surface area contributed by atoms with E-state index in [9.17, 15) is 14.7 Å². The molecule has 0 aromatic carbocycles. The molecule has 0 radical (unpaired) electrons. The monoisotopic (exact) mass is 552 g/mol. The number of carbonyl (C=O) groups is 2. The maximum atomic E-state index is 12.1. The Balaban J connectivity index is 3.58. The topological polar surface area (TPSA) is 72.8 Å². The van der Waals surface area contributed by atoms with Crippen LogP contribution >= 0.6 is 0 Å². The number of ether oxygens (including phenoxy) is 2. The highest BCUT2D eigenvalue weighted by molar-refractivity contribution is 5.70. The van der Waals surface area contributed by atoms with Gasteiger partial charge in [0.1, 0.15) is 6.61 Å². The predicted molar refractivity (Wildman–Crippen MR) is 164 cm³/mol. The van der Waals surface area contributed by atoms with Gasteiger partial charge in [-0.3, -0.25) is 9.59 Å². The lowest BCUT2D eigenvalue weighted by Gasteiger charge is -2.15. The third kappa shape index (κ3) is 29.4. The smallest absolute Gasteiger partial charge is 0.306 e. The molecule has 0 aliphatic rings. The molecule has 0 spiro atoms. The summed E-state index contributed by atoms with van der Waals surface area (Å²) in [5, 5.41) is 9.49. The summed E-state index contributed by atoms with van der Waals surface area (Å²) in [7, 11) is 0. The normalized spacial score (nSPS) is 12.2. The summed E-state index contributed by atoms with van der Waals surface area (Å²) in [6, 6.07) is 0. The number of carbonyl (C=O) groups excluding carboxylic acids is 2. The van der Waals surface area contributed by atoms with Crippen LogP contribution in [0.2, 0.25) is 0 Å². The van der Waals surface area contributed by atoms with Gasteiger partial charge in [0.25, 0.3) is 0 Å². The van der Waals surface area contributed by atoms with E-state index < -0.39 is 6.10 Å². The molecular formula is C34H64O5. The third-order valence-corrected chi connectivity index (χ3v) is 7.31. The number of aliphatic hydroxyl groups excluding tert-OH is 1. The summed E-state index contributed by atoms with van der Waals surface area (Å²) in [5.74, 6) is -0.598. The van der Waals surface area contributed by atoms with Gasteiger partial charge in [-0.15, -0.1) is 0 Å². The van der Waals surface area contributed by atoms with Crippen LogP contribution in [0.25, 0.3) is 0 Å². The zero-order valence-electron chi connectivity index (χ0n) is 25.9. The van der Waals surface area contributed by atoms with Gasteiger partial charge in [0.05, 0.1) is 6.61 Å². The van der Waals surface area contributed by atoms with Crippen LogP contribution < -0.4 is 0 Å². The number of esters is 2. The van der Waals surface area contributed by atoms with Gasteiger partial charge in [-0.2, -0.15) is 0 Å². The molecule has 0 aromatic heterocycles. The van der Waals surface area contributed by atoms with Crippen molar-refractivity contribution in [3.05, 3.63) is 12.2 Å².